The Kier molecular flexibility index (Phi) is 4.24. The smallest absolute Gasteiger partial charge is 0.326 e. The average Bonchev–Trinajstić information content (AvgIpc) is 2.62. The second-order valence-electron chi connectivity index (χ2n) is 3.53. The lowest BCUT2D eigenvalue weighted by Crippen LogP contribution is -2.45. The monoisotopic (exact) mass is 255 g/mol. The lowest BCUT2D eigenvalue weighted by Gasteiger charge is -2.12. The van der Waals surface area contributed by atoms with Crippen molar-refractivity contribution in [1.82, 2.24) is 15.1 Å². The van der Waals surface area contributed by atoms with Gasteiger partial charge >= 0.3 is 12.0 Å². The molecule has 0 fully saturated rings. The lowest BCUT2D eigenvalue weighted by atomic mass is 10.2. The van der Waals surface area contributed by atoms with E-state index in [2.05, 4.69) is 15.7 Å². The summed E-state index contributed by atoms with van der Waals surface area (Å²) < 4.78 is 1.47. The fourth-order valence-electron chi connectivity index (χ4n) is 1.19. The summed E-state index contributed by atoms with van der Waals surface area (Å²) in [4.78, 5) is 32.8. The normalized spacial score (nSPS) is 11.6. The van der Waals surface area contributed by atoms with E-state index >= 15 is 0 Å². The van der Waals surface area contributed by atoms with Crippen LogP contribution in [0.5, 0.6) is 0 Å². The van der Waals surface area contributed by atoms with Gasteiger partial charge in [-0.2, -0.15) is 5.10 Å². The van der Waals surface area contributed by atoms with Crippen LogP contribution in [0.3, 0.4) is 0 Å². The minimum atomic E-state index is -1.37. The second-order valence-corrected chi connectivity index (χ2v) is 3.53. The van der Waals surface area contributed by atoms with Gasteiger partial charge in [-0.1, -0.05) is 0 Å². The number of anilines is 1. The average molecular weight is 255 g/mol. The summed E-state index contributed by atoms with van der Waals surface area (Å²) in [5, 5.41) is 17.1. The predicted octanol–water partition coefficient (Wildman–Crippen LogP) is -1.13. The van der Waals surface area contributed by atoms with E-state index in [0.717, 1.165) is 0 Å². The molecule has 9 heteroatoms. The standard InChI is InChI=1S/C9H13N5O4/c1-14-3-2-7(13-14)12-9(18)11-5(8(16)17)4-6(10)15/h2-3,5H,4H2,1H3,(H2,10,15)(H,16,17)(H2,11,12,13,18). The zero-order valence-electron chi connectivity index (χ0n) is 9.58. The van der Waals surface area contributed by atoms with Gasteiger partial charge in [-0.25, -0.2) is 9.59 Å². The number of carbonyl (C=O) groups is 3. The maximum atomic E-state index is 11.4. The summed E-state index contributed by atoms with van der Waals surface area (Å²) >= 11 is 0. The van der Waals surface area contributed by atoms with Crippen molar-refractivity contribution in [2.24, 2.45) is 12.8 Å². The summed E-state index contributed by atoms with van der Waals surface area (Å²) in [5.74, 6) is -1.90. The Morgan fingerprint density at radius 1 is 1.56 bits per heavy atom. The molecule has 0 saturated carbocycles. The number of rotatable bonds is 5. The highest BCUT2D eigenvalue weighted by atomic mass is 16.4. The molecule has 1 heterocycles. The van der Waals surface area contributed by atoms with Crippen molar-refractivity contribution in [1.29, 1.82) is 0 Å². The highest BCUT2D eigenvalue weighted by molar-refractivity contribution is 5.93. The van der Waals surface area contributed by atoms with E-state index in [9.17, 15) is 14.4 Å². The number of amides is 3. The van der Waals surface area contributed by atoms with Gasteiger partial charge in [0.05, 0.1) is 6.42 Å². The van der Waals surface area contributed by atoms with Crippen LogP contribution < -0.4 is 16.4 Å². The zero-order chi connectivity index (χ0) is 13.7. The molecule has 5 N–H and O–H groups in total. The van der Waals surface area contributed by atoms with Gasteiger partial charge in [-0.3, -0.25) is 14.8 Å². The number of primary amides is 1. The van der Waals surface area contributed by atoms with Crippen LogP contribution >= 0.6 is 0 Å². The van der Waals surface area contributed by atoms with Gasteiger partial charge in [0.2, 0.25) is 5.91 Å². The molecule has 0 spiro atoms. The number of aryl methyl sites for hydroxylation is 1. The summed E-state index contributed by atoms with van der Waals surface area (Å²) in [5.41, 5.74) is 4.87. The Balaban J connectivity index is 2.56. The number of carbonyl (C=O) groups excluding carboxylic acids is 2. The molecule has 0 bridgehead atoms. The molecule has 98 valence electrons. The molecule has 3 amide bonds. The highest BCUT2D eigenvalue weighted by Crippen LogP contribution is 2.01. The Morgan fingerprint density at radius 3 is 2.67 bits per heavy atom. The van der Waals surface area contributed by atoms with Crippen LogP contribution in [-0.4, -0.2) is 38.8 Å². The predicted molar refractivity (Wildman–Crippen MR) is 60.6 cm³/mol. The third-order valence-electron chi connectivity index (χ3n) is 1.96. The number of carboxylic acids is 1. The third-order valence-corrected chi connectivity index (χ3v) is 1.96. The molecule has 0 saturated heterocycles. The number of aliphatic carboxylic acids is 1. The molecule has 0 aliphatic rings. The van der Waals surface area contributed by atoms with Gasteiger partial charge in [0.25, 0.3) is 0 Å². The van der Waals surface area contributed by atoms with Gasteiger partial charge in [0.1, 0.15) is 6.04 Å². The Morgan fingerprint density at radius 2 is 2.22 bits per heavy atom. The summed E-state index contributed by atoms with van der Waals surface area (Å²) in [6, 6.07) is -0.614. The summed E-state index contributed by atoms with van der Waals surface area (Å²) in [7, 11) is 1.66. The molecule has 1 rings (SSSR count). The molecular formula is C9H13N5O4. The number of hydrogen-bond donors (Lipinski definition) is 4. The van der Waals surface area contributed by atoms with Crippen LogP contribution in [0.25, 0.3) is 0 Å². The third kappa shape index (κ3) is 4.12. The van der Waals surface area contributed by atoms with E-state index in [0.29, 0.717) is 0 Å². The Labute approximate surface area is 102 Å². The van der Waals surface area contributed by atoms with Gasteiger partial charge in [-0.05, 0) is 0 Å². The van der Waals surface area contributed by atoms with Crippen molar-refractivity contribution in [3.63, 3.8) is 0 Å². The van der Waals surface area contributed by atoms with Crippen LogP contribution in [0, 0.1) is 0 Å². The van der Waals surface area contributed by atoms with E-state index in [4.69, 9.17) is 10.8 Å². The van der Waals surface area contributed by atoms with Gasteiger partial charge in [0, 0.05) is 19.3 Å². The number of carboxylic acid groups (broad SMARTS) is 1. The molecule has 0 aromatic carbocycles. The minimum absolute atomic E-state index is 0.262. The molecule has 0 aliphatic heterocycles. The first-order valence-corrected chi connectivity index (χ1v) is 4.96. The first kappa shape index (κ1) is 13.5. The molecule has 0 radical (unpaired) electrons. The molecule has 0 aliphatic carbocycles. The molecule has 1 aromatic rings. The van der Waals surface area contributed by atoms with Crippen LogP contribution in [0.1, 0.15) is 6.42 Å². The van der Waals surface area contributed by atoms with Crippen LogP contribution in [-0.2, 0) is 16.6 Å². The van der Waals surface area contributed by atoms with Crippen LogP contribution in [0.2, 0.25) is 0 Å². The second kappa shape index (κ2) is 5.66. The summed E-state index contributed by atoms with van der Waals surface area (Å²) in [6.07, 6.45) is 1.12. The highest BCUT2D eigenvalue weighted by Gasteiger charge is 2.22. The van der Waals surface area contributed by atoms with Crippen molar-refractivity contribution in [3.8, 4) is 0 Å². The van der Waals surface area contributed by atoms with Crippen LogP contribution in [0.15, 0.2) is 12.3 Å². The number of urea groups is 1. The van der Waals surface area contributed by atoms with Gasteiger partial charge in [0.15, 0.2) is 5.82 Å². The maximum absolute atomic E-state index is 11.4. The number of aromatic nitrogens is 2. The van der Waals surface area contributed by atoms with Crippen molar-refractivity contribution in [2.75, 3.05) is 5.32 Å². The molecule has 9 nitrogen and oxygen atoms in total. The quantitative estimate of drug-likeness (QED) is 0.527. The van der Waals surface area contributed by atoms with Gasteiger partial charge < -0.3 is 16.2 Å². The van der Waals surface area contributed by atoms with E-state index in [-0.39, 0.29) is 5.82 Å². The first-order chi connectivity index (χ1) is 8.38. The van der Waals surface area contributed by atoms with E-state index in [1.807, 2.05) is 0 Å². The number of nitrogens with one attached hydrogen (secondary N) is 2. The molecule has 18 heavy (non-hydrogen) atoms. The van der Waals surface area contributed by atoms with Gasteiger partial charge in [-0.15, -0.1) is 0 Å². The van der Waals surface area contributed by atoms with Crippen LogP contribution in [0.4, 0.5) is 10.6 Å². The fraction of sp³-hybridized carbons (Fsp3) is 0.333. The van der Waals surface area contributed by atoms with Crippen molar-refractivity contribution >= 4 is 23.7 Å². The lowest BCUT2D eigenvalue weighted by molar-refractivity contribution is -0.140. The minimum Gasteiger partial charge on any atom is -0.480 e. The Bertz CT molecular complexity index is 469. The topological polar surface area (TPSA) is 139 Å². The largest absolute Gasteiger partial charge is 0.480 e. The first-order valence-electron chi connectivity index (χ1n) is 4.96. The number of nitrogens with zero attached hydrogens (tertiary/aromatic N) is 2. The number of hydrogen-bond acceptors (Lipinski definition) is 4. The van der Waals surface area contributed by atoms with E-state index in [1.165, 1.54) is 10.7 Å². The Hall–Kier alpha value is -2.58. The van der Waals surface area contributed by atoms with Crippen molar-refractivity contribution in [3.05, 3.63) is 12.3 Å². The fourth-order valence-corrected chi connectivity index (χ4v) is 1.19. The van der Waals surface area contributed by atoms with E-state index in [1.54, 1.807) is 13.2 Å². The number of nitrogens with two attached hydrogens (primary N) is 1. The maximum Gasteiger partial charge on any atom is 0.326 e. The zero-order valence-corrected chi connectivity index (χ0v) is 9.58. The van der Waals surface area contributed by atoms with Crippen molar-refractivity contribution in [2.45, 2.75) is 12.5 Å². The molecular weight excluding hydrogens is 242 g/mol. The van der Waals surface area contributed by atoms with Crippen molar-refractivity contribution < 1.29 is 19.5 Å². The molecule has 1 atom stereocenters. The molecule has 1 unspecified atom stereocenters. The molecule has 1 aromatic heterocycles. The SMILES string of the molecule is Cn1ccc(NC(=O)NC(CC(N)=O)C(=O)O)n1. The summed E-state index contributed by atoms with van der Waals surface area (Å²) in [6.45, 7) is 0. The van der Waals surface area contributed by atoms with E-state index < -0.39 is 30.4 Å².